The summed E-state index contributed by atoms with van der Waals surface area (Å²) in [7, 11) is 0. The highest BCUT2D eigenvalue weighted by atomic mass is 32.2. The first-order valence-corrected chi connectivity index (χ1v) is 11.3. The lowest BCUT2D eigenvalue weighted by atomic mass is 10.0. The fourth-order valence-electron chi connectivity index (χ4n) is 2.98. The first-order chi connectivity index (χ1) is 14.2. The molecule has 3 aromatic carbocycles. The zero-order chi connectivity index (χ0) is 20.1. The van der Waals surface area contributed by atoms with Gasteiger partial charge in [0.25, 0.3) is 0 Å². The molecule has 6 heteroatoms. The summed E-state index contributed by atoms with van der Waals surface area (Å²) in [5.74, 6) is 0.106. The van der Waals surface area contributed by atoms with Crippen molar-refractivity contribution in [3.05, 3.63) is 96.1 Å². The molecule has 0 amide bonds. The minimum absolute atomic E-state index is 0.0710. The third kappa shape index (κ3) is 5.09. The molecule has 3 nitrogen and oxygen atoms in total. The first kappa shape index (κ1) is 19.8. The first-order valence-electron chi connectivity index (χ1n) is 9.15. The number of ketones is 1. The predicted molar refractivity (Wildman–Crippen MR) is 128 cm³/mol. The third-order valence-electron chi connectivity index (χ3n) is 4.39. The number of para-hydroxylation sites is 1. The maximum absolute atomic E-state index is 12.8. The summed E-state index contributed by atoms with van der Waals surface area (Å²) < 4.78 is 1.72. The Hall–Kier alpha value is -2.54. The highest BCUT2D eigenvalue weighted by Crippen LogP contribution is 2.35. The molecule has 1 aromatic heterocycles. The lowest BCUT2D eigenvalue weighted by Crippen LogP contribution is -2.11. The molecule has 0 radical (unpaired) electrons. The number of fused-ring (bicyclic) bond motifs is 1. The number of nitrogens with zero attached hydrogens (tertiary/aromatic N) is 1. The third-order valence-corrected chi connectivity index (χ3v) is 6.77. The van der Waals surface area contributed by atoms with Crippen molar-refractivity contribution in [2.24, 2.45) is 0 Å². The van der Waals surface area contributed by atoms with Gasteiger partial charge in [0.1, 0.15) is 4.32 Å². The van der Waals surface area contributed by atoms with Gasteiger partial charge in [-0.2, -0.15) is 0 Å². The summed E-state index contributed by atoms with van der Waals surface area (Å²) in [6, 6.07) is 27.4. The van der Waals surface area contributed by atoms with E-state index in [1.54, 1.807) is 11.3 Å². The summed E-state index contributed by atoms with van der Waals surface area (Å²) in [6.07, 6.45) is 0.375. The van der Waals surface area contributed by atoms with Crippen LogP contribution in [-0.2, 0) is 0 Å². The van der Waals surface area contributed by atoms with Crippen molar-refractivity contribution < 1.29 is 4.79 Å². The van der Waals surface area contributed by atoms with Crippen LogP contribution < -0.4 is 5.32 Å². The highest BCUT2D eigenvalue weighted by molar-refractivity contribution is 8.23. The van der Waals surface area contributed by atoms with Crippen LogP contribution in [0.3, 0.4) is 0 Å². The smallest absolute Gasteiger partial charge is 0.189 e. The van der Waals surface area contributed by atoms with E-state index in [-0.39, 0.29) is 11.0 Å². The number of nitrogens with one attached hydrogen (secondary N) is 1. The molecule has 29 heavy (non-hydrogen) atoms. The standard InChI is InChI=1S/C23H18N2OS3/c26-19(16-9-3-1-4-10-16)15-21(17-11-5-2-6-12-17)29-23(27)25-22-24-18-13-7-8-14-20(18)28-22/h1-14,21H,15H2,(H,24,25,27). The van der Waals surface area contributed by atoms with Crippen molar-refractivity contribution in [2.75, 3.05) is 5.32 Å². The SMILES string of the molecule is O=C(CC(SC(=S)Nc1nc2ccccc2s1)c1ccccc1)c1ccccc1. The molecule has 0 fully saturated rings. The predicted octanol–water partition coefficient (Wildman–Crippen LogP) is 6.74. The van der Waals surface area contributed by atoms with Crippen LogP contribution in [-0.4, -0.2) is 15.1 Å². The average molecular weight is 435 g/mol. The Labute approximate surface area is 183 Å². The van der Waals surface area contributed by atoms with Crippen LogP contribution in [0.25, 0.3) is 10.2 Å². The number of rotatable bonds is 6. The molecule has 0 saturated heterocycles. The van der Waals surface area contributed by atoms with Gasteiger partial charge < -0.3 is 5.32 Å². The van der Waals surface area contributed by atoms with Crippen LogP contribution in [0, 0.1) is 0 Å². The fraction of sp³-hybridized carbons (Fsp3) is 0.0870. The number of aromatic nitrogens is 1. The summed E-state index contributed by atoms with van der Waals surface area (Å²) in [5, 5.41) is 3.93. The monoisotopic (exact) mass is 434 g/mol. The van der Waals surface area contributed by atoms with E-state index < -0.39 is 0 Å². The molecule has 0 bridgehead atoms. The van der Waals surface area contributed by atoms with E-state index in [0.29, 0.717) is 10.7 Å². The Kier molecular flexibility index (Phi) is 6.34. The molecule has 1 N–H and O–H groups in total. The van der Waals surface area contributed by atoms with Crippen molar-refractivity contribution in [1.29, 1.82) is 0 Å². The number of hydrogen-bond donors (Lipinski definition) is 1. The molecule has 0 aliphatic heterocycles. The Bertz CT molecular complexity index is 1090. The van der Waals surface area contributed by atoms with Gasteiger partial charge in [-0.1, -0.05) is 108 Å². The van der Waals surface area contributed by atoms with Crippen LogP contribution in [0.5, 0.6) is 0 Å². The maximum Gasteiger partial charge on any atom is 0.189 e. The molecule has 1 unspecified atom stereocenters. The van der Waals surface area contributed by atoms with Crippen molar-refractivity contribution in [2.45, 2.75) is 11.7 Å². The number of hydrogen-bond acceptors (Lipinski definition) is 5. The highest BCUT2D eigenvalue weighted by Gasteiger charge is 2.20. The molecule has 1 atom stereocenters. The second-order valence-electron chi connectivity index (χ2n) is 6.41. The van der Waals surface area contributed by atoms with E-state index in [1.165, 1.54) is 11.8 Å². The summed E-state index contributed by atoms with van der Waals surface area (Å²) in [5.41, 5.74) is 2.75. The van der Waals surface area contributed by atoms with Gasteiger partial charge in [-0.25, -0.2) is 4.98 Å². The Morgan fingerprint density at radius 2 is 1.62 bits per heavy atom. The van der Waals surface area contributed by atoms with E-state index >= 15 is 0 Å². The van der Waals surface area contributed by atoms with Crippen LogP contribution >= 0.6 is 35.3 Å². The number of benzene rings is 3. The largest absolute Gasteiger partial charge is 0.317 e. The van der Waals surface area contributed by atoms with Crippen molar-refractivity contribution >= 4 is 60.8 Å². The second kappa shape index (κ2) is 9.31. The van der Waals surface area contributed by atoms with Gasteiger partial charge in [0.2, 0.25) is 0 Å². The van der Waals surface area contributed by atoms with Gasteiger partial charge >= 0.3 is 0 Å². The Morgan fingerprint density at radius 1 is 0.966 bits per heavy atom. The number of Topliss-reactive ketones (excluding diaryl/α,β-unsaturated/α-hetero) is 1. The van der Waals surface area contributed by atoms with Gasteiger partial charge in [0.15, 0.2) is 10.9 Å². The summed E-state index contributed by atoms with van der Waals surface area (Å²) >= 11 is 8.65. The molecule has 0 aliphatic rings. The second-order valence-corrected chi connectivity index (χ2v) is 9.32. The summed E-state index contributed by atoms with van der Waals surface area (Å²) in [6.45, 7) is 0. The minimum atomic E-state index is -0.0710. The summed E-state index contributed by atoms with van der Waals surface area (Å²) in [4.78, 5) is 17.4. The molecule has 0 aliphatic carbocycles. The normalized spacial score (nSPS) is 11.9. The van der Waals surface area contributed by atoms with Crippen molar-refractivity contribution in [3.63, 3.8) is 0 Å². The molecule has 1 heterocycles. The van der Waals surface area contributed by atoms with Gasteiger partial charge in [-0.05, 0) is 17.7 Å². The number of thioether (sulfide) groups is 1. The Balaban J connectivity index is 1.50. The van der Waals surface area contributed by atoms with Crippen LogP contribution in [0.2, 0.25) is 0 Å². The van der Waals surface area contributed by atoms with Gasteiger partial charge in [-0.15, -0.1) is 0 Å². The van der Waals surface area contributed by atoms with Gasteiger partial charge in [-0.3, -0.25) is 4.79 Å². The van der Waals surface area contributed by atoms with Gasteiger partial charge in [0.05, 0.1) is 10.2 Å². The minimum Gasteiger partial charge on any atom is -0.317 e. The number of thiocarbonyl (C=S) groups is 1. The number of thiazole rings is 1. The van der Waals surface area contributed by atoms with Gasteiger partial charge in [0, 0.05) is 17.2 Å². The van der Waals surface area contributed by atoms with E-state index in [0.717, 1.165) is 26.5 Å². The van der Waals surface area contributed by atoms with E-state index in [1.807, 2.05) is 84.9 Å². The quantitative estimate of drug-likeness (QED) is 0.269. The number of carbonyl (C=O) groups is 1. The number of carbonyl (C=O) groups excluding carboxylic acids is 1. The molecule has 0 spiro atoms. The van der Waals surface area contributed by atoms with Crippen LogP contribution in [0.1, 0.15) is 27.6 Å². The molecule has 4 aromatic rings. The van der Waals surface area contributed by atoms with Crippen LogP contribution in [0.4, 0.5) is 5.13 Å². The zero-order valence-corrected chi connectivity index (χ0v) is 17.9. The fourth-order valence-corrected chi connectivity index (χ4v) is 5.36. The van der Waals surface area contributed by atoms with E-state index in [4.69, 9.17) is 12.2 Å². The average Bonchev–Trinajstić information content (AvgIpc) is 3.16. The number of anilines is 1. The van der Waals surface area contributed by atoms with Crippen LogP contribution in [0.15, 0.2) is 84.9 Å². The molecular weight excluding hydrogens is 416 g/mol. The lowest BCUT2D eigenvalue weighted by Gasteiger charge is -2.17. The molecule has 144 valence electrons. The topological polar surface area (TPSA) is 42.0 Å². The van der Waals surface area contributed by atoms with E-state index in [9.17, 15) is 4.79 Å². The van der Waals surface area contributed by atoms with E-state index in [2.05, 4.69) is 10.3 Å². The van der Waals surface area contributed by atoms with Crippen molar-refractivity contribution in [3.8, 4) is 0 Å². The zero-order valence-electron chi connectivity index (χ0n) is 15.4. The molecular formula is C23H18N2OS3. The Morgan fingerprint density at radius 3 is 2.34 bits per heavy atom. The lowest BCUT2D eigenvalue weighted by molar-refractivity contribution is 0.0982. The molecule has 4 rings (SSSR count). The molecule has 0 saturated carbocycles. The maximum atomic E-state index is 12.8. The van der Waals surface area contributed by atoms with Crippen molar-refractivity contribution in [1.82, 2.24) is 4.98 Å².